The number of halogens is 1. The average Bonchev–Trinajstić information content (AvgIpc) is 3.12. The van der Waals surface area contributed by atoms with E-state index in [1.807, 2.05) is 0 Å². The highest BCUT2D eigenvalue weighted by molar-refractivity contribution is 7.89. The molecule has 0 unspecified atom stereocenters. The summed E-state index contributed by atoms with van der Waals surface area (Å²) in [6.45, 7) is 2.76. The monoisotopic (exact) mass is 316 g/mol. The van der Waals surface area contributed by atoms with Crippen LogP contribution >= 0.6 is 11.6 Å². The molecule has 2 rings (SSSR count). The van der Waals surface area contributed by atoms with Crippen LogP contribution in [-0.4, -0.2) is 27.9 Å². The molecule has 110 valence electrons. The van der Waals surface area contributed by atoms with Crippen molar-refractivity contribution in [2.45, 2.75) is 18.2 Å². The molecule has 1 saturated carbocycles. The lowest BCUT2D eigenvalue weighted by Crippen LogP contribution is -2.26. The smallest absolute Gasteiger partial charge is 0.251 e. The second-order valence-electron chi connectivity index (χ2n) is 5.04. The van der Waals surface area contributed by atoms with E-state index in [9.17, 15) is 13.2 Å². The topological polar surface area (TPSA) is 75.3 Å². The van der Waals surface area contributed by atoms with Crippen molar-refractivity contribution in [3.8, 4) is 0 Å². The van der Waals surface area contributed by atoms with Crippen molar-refractivity contribution >= 4 is 27.5 Å². The number of carbonyl (C=O) groups is 1. The van der Waals surface area contributed by atoms with Gasteiger partial charge in [0.05, 0.1) is 5.02 Å². The fraction of sp³-hybridized carbons (Fsp3) is 0.462. The molecule has 1 aromatic carbocycles. The highest BCUT2D eigenvalue weighted by Gasteiger charge is 2.32. The van der Waals surface area contributed by atoms with Gasteiger partial charge in [0.25, 0.3) is 5.91 Å². The van der Waals surface area contributed by atoms with Crippen molar-refractivity contribution in [1.29, 1.82) is 0 Å². The first-order valence-electron chi connectivity index (χ1n) is 6.36. The van der Waals surface area contributed by atoms with Crippen molar-refractivity contribution < 1.29 is 13.2 Å². The molecule has 1 aliphatic rings. The number of carbonyl (C=O) groups excluding carboxylic acids is 1. The van der Waals surface area contributed by atoms with E-state index in [-0.39, 0.29) is 21.4 Å². The van der Waals surface area contributed by atoms with E-state index in [2.05, 4.69) is 17.0 Å². The highest BCUT2D eigenvalue weighted by Crippen LogP contribution is 2.36. The molecular weight excluding hydrogens is 300 g/mol. The average molecular weight is 317 g/mol. The van der Waals surface area contributed by atoms with E-state index in [1.165, 1.54) is 25.2 Å². The molecule has 2 atom stereocenters. The predicted molar refractivity (Wildman–Crippen MR) is 77.3 cm³/mol. The van der Waals surface area contributed by atoms with Gasteiger partial charge in [-0.3, -0.25) is 4.79 Å². The van der Waals surface area contributed by atoms with Crippen LogP contribution in [0, 0.1) is 11.8 Å². The number of sulfonamides is 1. The van der Waals surface area contributed by atoms with Gasteiger partial charge in [0.1, 0.15) is 4.90 Å². The lowest BCUT2D eigenvalue weighted by Gasteiger charge is -2.08. The lowest BCUT2D eigenvalue weighted by molar-refractivity contribution is 0.0951. The highest BCUT2D eigenvalue weighted by atomic mass is 35.5. The molecule has 20 heavy (non-hydrogen) atoms. The molecular formula is C13H17ClN2O3S. The number of nitrogens with one attached hydrogen (secondary N) is 2. The van der Waals surface area contributed by atoms with Crippen LogP contribution in [0.2, 0.25) is 5.02 Å². The number of hydrogen-bond acceptors (Lipinski definition) is 3. The third-order valence-corrected chi connectivity index (χ3v) is 5.45. The molecule has 0 radical (unpaired) electrons. The summed E-state index contributed by atoms with van der Waals surface area (Å²) >= 11 is 5.87. The van der Waals surface area contributed by atoms with E-state index in [4.69, 9.17) is 11.6 Å². The van der Waals surface area contributed by atoms with E-state index in [1.54, 1.807) is 0 Å². The molecule has 0 bridgehead atoms. The molecule has 2 N–H and O–H groups in total. The third kappa shape index (κ3) is 3.31. The van der Waals surface area contributed by atoms with Crippen LogP contribution in [-0.2, 0) is 10.0 Å². The lowest BCUT2D eigenvalue weighted by atomic mass is 10.2. The van der Waals surface area contributed by atoms with Crippen LogP contribution in [0.15, 0.2) is 23.1 Å². The van der Waals surface area contributed by atoms with Crippen LogP contribution in [0.1, 0.15) is 23.7 Å². The van der Waals surface area contributed by atoms with Crippen molar-refractivity contribution in [3.63, 3.8) is 0 Å². The second kappa shape index (κ2) is 5.71. The maximum absolute atomic E-state index is 12.0. The Morgan fingerprint density at radius 3 is 2.65 bits per heavy atom. The van der Waals surface area contributed by atoms with Crippen LogP contribution in [0.3, 0.4) is 0 Å². The maximum Gasteiger partial charge on any atom is 0.251 e. The molecule has 1 fully saturated rings. The summed E-state index contributed by atoms with van der Waals surface area (Å²) in [5.41, 5.74) is 0.288. The van der Waals surface area contributed by atoms with Gasteiger partial charge in [0, 0.05) is 12.1 Å². The summed E-state index contributed by atoms with van der Waals surface area (Å²) in [5, 5.41) is 2.90. The Labute approximate surface area is 123 Å². The van der Waals surface area contributed by atoms with Gasteiger partial charge in [-0.15, -0.1) is 0 Å². The summed E-state index contributed by atoms with van der Waals surface area (Å²) in [6.07, 6.45) is 1.13. The van der Waals surface area contributed by atoms with E-state index < -0.39 is 10.0 Å². The van der Waals surface area contributed by atoms with E-state index in [0.29, 0.717) is 18.4 Å². The first-order chi connectivity index (χ1) is 9.35. The van der Waals surface area contributed by atoms with Crippen LogP contribution in [0.5, 0.6) is 0 Å². The van der Waals surface area contributed by atoms with Crippen LogP contribution in [0.25, 0.3) is 0 Å². The zero-order valence-corrected chi connectivity index (χ0v) is 12.9. The molecule has 1 aliphatic carbocycles. The Kier molecular flexibility index (Phi) is 4.36. The minimum Gasteiger partial charge on any atom is -0.352 e. The summed E-state index contributed by atoms with van der Waals surface area (Å²) in [4.78, 5) is 11.9. The molecule has 0 aromatic heterocycles. The number of hydrogen-bond donors (Lipinski definition) is 2. The summed E-state index contributed by atoms with van der Waals surface area (Å²) in [6, 6.07) is 4.23. The van der Waals surface area contributed by atoms with Gasteiger partial charge >= 0.3 is 0 Å². The van der Waals surface area contributed by atoms with Crippen molar-refractivity contribution in [3.05, 3.63) is 28.8 Å². The molecule has 0 aliphatic heterocycles. The minimum absolute atomic E-state index is 0.0888. The first kappa shape index (κ1) is 15.3. The Morgan fingerprint density at radius 2 is 2.10 bits per heavy atom. The van der Waals surface area contributed by atoms with E-state index >= 15 is 0 Å². The minimum atomic E-state index is -3.67. The number of amides is 1. The predicted octanol–water partition coefficient (Wildman–Crippen LogP) is 1.63. The third-order valence-electron chi connectivity index (χ3n) is 3.55. The summed E-state index contributed by atoms with van der Waals surface area (Å²) < 4.78 is 25.8. The van der Waals surface area contributed by atoms with Crippen molar-refractivity contribution in [2.24, 2.45) is 11.8 Å². The Balaban J connectivity index is 2.16. The van der Waals surface area contributed by atoms with Gasteiger partial charge in [0.15, 0.2) is 0 Å². The fourth-order valence-corrected chi connectivity index (χ4v) is 3.22. The van der Waals surface area contributed by atoms with Crippen LogP contribution < -0.4 is 10.0 Å². The van der Waals surface area contributed by atoms with Gasteiger partial charge in [0.2, 0.25) is 10.0 Å². The van der Waals surface area contributed by atoms with Gasteiger partial charge in [-0.1, -0.05) is 18.5 Å². The normalized spacial score (nSPS) is 21.6. The second-order valence-corrected chi connectivity index (χ2v) is 7.30. The molecule has 1 aromatic rings. The molecule has 0 spiro atoms. The zero-order valence-electron chi connectivity index (χ0n) is 11.3. The standard InChI is InChI=1S/C13H17ClN2O3S/c1-8-5-10(8)7-16-13(17)9-3-4-11(14)12(6-9)20(18,19)15-2/h3-4,6,8,10,15H,5,7H2,1-2H3,(H,16,17)/t8-,10-/m0/s1. The fourth-order valence-electron chi connectivity index (χ4n) is 1.97. The SMILES string of the molecule is CNS(=O)(=O)c1cc(C(=O)NC[C@@H]2C[C@@H]2C)ccc1Cl. The molecule has 7 heteroatoms. The number of benzene rings is 1. The quantitative estimate of drug-likeness (QED) is 0.867. The Morgan fingerprint density at radius 1 is 1.45 bits per heavy atom. The number of rotatable bonds is 5. The van der Waals surface area contributed by atoms with Gasteiger partial charge < -0.3 is 5.32 Å². The maximum atomic E-state index is 12.0. The molecule has 5 nitrogen and oxygen atoms in total. The molecule has 0 saturated heterocycles. The largest absolute Gasteiger partial charge is 0.352 e. The van der Waals surface area contributed by atoms with Gasteiger partial charge in [-0.2, -0.15) is 0 Å². The summed E-state index contributed by atoms with van der Waals surface area (Å²) in [7, 11) is -2.38. The van der Waals surface area contributed by atoms with Gasteiger partial charge in [-0.05, 0) is 43.5 Å². The van der Waals surface area contributed by atoms with Crippen LogP contribution in [0.4, 0.5) is 0 Å². The summed E-state index contributed by atoms with van der Waals surface area (Å²) in [5.74, 6) is 0.904. The zero-order chi connectivity index (χ0) is 14.9. The van der Waals surface area contributed by atoms with Crippen molar-refractivity contribution in [2.75, 3.05) is 13.6 Å². The van der Waals surface area contributed by atoms with E-state index in [0.717, 1.165) is 6.42 Å². The van der Waals surface area contributed by atoms with Gasteiger partial charge in [-0.25, -0.2) is 13.1 Å². The Bertz CT molecular complexity index is 631. The molecule has 1 amide bonds. The van der Waals surface area contributed by atoms with Crippen molar-refractivity contribution in [1.82, 2.24) is 10.0 Å². The molecule has 0 heterocycles. The first-order valence-corrected chi connectivity index (χ1v) is 8.22. The Hall–Kier alpha value is -1.11.